The van der Waals surface area contributed by atoms with Gasteiger partial charge in [-0.2, -0.15) is 5.10 Å². The molecule has 0 saturated carbocycles. The second-order valence-corrected chi connectivity index (χ2v) is 9.94. The van der Waals surface area contributed by atoms with Crippen LogP contribution in [0.3, 0.4) is 0 Å². The van der Waals surface area contributed by atoms with E-state index in [1.54, 1.807) is 36.4 Å². The fraction of sp³-hybridized carbons (Fsp3) is 0.0625. The molecule has 9 heteroatoms. The smallest absolute Gasteiger partial charge is 0.271 e. The van der Waals surface area contributed by atoms with Gasteiger partial charge in [-0.25, -0.2) is 10.4 Å². The molecule has 0 aliphatic rings. The molecule has 4 aromatic carbocycles. The number of ether oxygens (including phenoxy) is 1. The number of aryl methyl sites for hydroxylation is 1. The van der Waals surface area contributed by atoms with Gasteiger partial charge in [-0.05, 0) is 73.2 Å². The van der Waals surface area contributed by atoms with Crippen LogP contribution >= 0.6 is 11.3 Å². The molecule has 8 nitrogen and oxygen atoms in total. The van der Waals surface area contributed by atoms with Crippen molar-refractivity contribution in [3.05, 3.63) is 125 Å². The lowest BCUT2D eigenvalue weighted by Crippen LogP contribution is -2.20. The second kappa shape index (κ2) is 13.2. The van der Waals surface area contributed by atoms with Gasteiger partial charge in [0.15, 0.2) is 11.7 Å². The normalized spacial score (nSPS) is 10.8. The quantitative estimate of drug-likeness (QED) is 0.131. The molecule has 0 radical (unpaired) electrons. The number of nitrogens with zero attached hydrogens (tertiary/aromatic N) is 2. The Labute approximate surface area is 241 Å². The maximum atomic E-state index is 12.5. The van der Waals surface area contributed by atoms with E-state index in [4.69, 9.17) is 4.74 Å². The highest BCUT2D eigenvalue weighted by molar-refractivity contribution is 7.14. The Morgan fingerprint density at radius 1 is 0.878 bits per heavy atom. The molecule has 41 heavy (non-hydrogen) atoms. The van der Waals surface area contributed by atoms with E-state index in [0.717, 1.165) is 27.6 Å². The third-order valence-electron chi connectivity index (χ3n) is 5.94. The maximum absolute atomic E-state index is 12.5. The van der Waals surface area contributed by atoms with Crippen LogP contribution < -0.4 is 20.8 Å². The van der Waals surface area contributed by atoms with Crippen LogP contribution in [0.25, 0.3) is 11.3 Å². The predicted octanol–water partition coefficient (Wildman–Crippen LogP) is 6.64. The average Bonchev–Trinajstić information content (AvgIpc) is 3.47. The molecule has 0 atom stereocenters. The van der Waals surface area contributed by atoms with Gasteiger partial charge in [0, 0.05) is 27.9 Å². The van der Waals surface area contributed by atoms with Crippen molar-refractivity contribution in [2.45, 2.75) is 6.92 Å². The molecule has 0 spiro atoms. The molecule has 1 aromatic heterocycles. The summed E-state index contributed by atoms with van der Waals surface area (Å²) in [6, 6.07) is 31.6. The van der Waals surface area contributed by atoms with Crippen LogP contribution in [0, 0.1) is 6.92 Å². The summed E-state index contributed by atoms with van der Waals surface area (Å²) in [5.74, 6) is -0.0196. The van der Waals surface area contributed by atoms with Crippen LogP contribution in [0.2, 0.25) is 0 Å². The van der Waals surface area contributed by atoms with Crippen molar-refractivity contribution in [1.29, 1.82) is 0 Å². The van der Waals surface area contributed by atoms with Crippen LogP contribution in [0.15, 0.2) is 114 Å². The minimum Gasteiger partial charge on any atom is -0.484 e. The van der Waals surface area contributed by atoms with Crippen LogP contribution in [-0.4, -0.2) is 29.6 Å². The summed E-state index contributed by atoms with van der Waals surface area (Å²) in [6.07, 6.45) is 1.54. The second-order valence-electron chi connectivity index (χ2n) is 9.08. The van der Waals surface area contributed by atoms with Crippen LogP contribution in [-0.2, 0) is 4.79 Å². The lowest BCUT2D eigenvalue weighted by Gasteiger charge is -2.07. The number of amides is 2. The Balaban J connectivity index is 1.08. The summed E-state index contributed by atoms with van der Waals surface area (Å²) in [4.78, 5) is 29.2. The molecule has 5 aromatic rings. The molecule has 0 aliphatic heterocycles. The number of anilines is 3. The monoisotopic (exact) mass is 561 g/mol. The SMILES string of the molecule is Cc1ccc(Nc2nc(-c3ccc(C(=O)N/N=C/c4ccc(OCC(=O)Nc5ccccc5)cc4)cc3)cs2)cc1. The number of benzene rings is 4. The largest absolute Gasteiger partial charge is 0.484 e. The van der Waals surface area contributed by atoms with Crippen molar-refractivity contribution >= 4 is 45.9 Å². The standard InChI is InChI=1S/C32H27N5O3S/c1-22-7-15-27(16-8-22)35-32-36-29(21-41-32)24-11-13-25(14-12-24)31(39)37-33-19-23-9-17-28(18-10-23)40-20-30(38)34-26-5-3-2-4-6-26/h2-19,21H,20H2,1H3,(H,34,38)(H,35,36)(H,37,39)/b33-19+. The topological polar surface area (TPSA) is 105 Å². The van der Waals surface area contributed by atoms with Crippen molar-refractivity contribution in [3.8, 4) is 17.0 Å². The van der Waals surface area contributed by atoms with Gasteiger partial charge in [-0.3, -0.25) is 9.59 Å². The van der Waals surface area contributed by atoms with Gasteiger partial charge in [-0.15, -0.1) is 11.3 Å². The van der Waals surface area contributed by atoms with Crippen LogP contribution in [0.1, 0.15) is 21.5 Å². The summed E-state index contributed by atoms with van der Waals surface area (Å²) in [7, 11) is 0. The van der Waals surface area contributed by atoms with Crippen molar-refractivity contribution in [2.24, 2.45) is 5.10 Å². The fourth-order valence-corrected chi connectivity index (χ4v) is 4.50. The Kier molecular flexibility index (Phi) is 8.78. The first-order valence-electron chi connectivity index (χ1n) is 12.8. The zero-order chi connectivity index (χ0) is 28.4. The zero-order valence-electron chi connectivity index (χ0n) is 22.2. The number of hydrazone groups is 1. The lowest BCUT2D eigenvalue weighted by atomic mass is 10.1. The summed E-state index contributed by atoms with van der Waals surface area (Å²) in [5, 5.41) is 12.9. The summed E-state index contributed by atoms with van der Waals surface area (Å²) >= 11 is 1.52. The van der Waals surface area contributed by atoms with E-state index in [-0.39, 0.29) is 18.4 Å². The minimum absolute atomic E-state index is 0.106. The van der Waals surface area contributed by atoms with E-state index in [0.29, 0.717) is 17.0 Å². The number of hydrogen-bond acceptors (Lipinski definition) is 7. The molecule has 3 N–H and O–H groups in total. The first kappa shape index (κ1) is 27.3. The van der Waals surface area contributed by atoms with Gasteiger partial charge >= 0.3 is 0 Å². The number of para-hydroxylation sites is 1. The number of rotatable bonds is 10. The van der Waals surface area contributed by atoms with E-state index < -0.39 is 0 Å². The van der Waals surface area contributed by atoms with Gasteiger partial charge in [0.05, 0.1) is 11.9 Å². The number of carbonyl (C=O) groups is 2. The van der Waals surface area contributed by atoms with Crippen LogP contribution in [0.4, 0.5) is 16.5 Å². The number of carbonyl (C=O) groups excluding carboxylic acids is 2. The molecular formula is C32H27N5O3S. The lowest BCUT2D eigenvalue weighted by molar-refractivity contribution is -0.118. The third kappa shape index (κ3) is 7.87. The molecule has 204 valence electrons. The molecule has 5 rings (SSSR count). The van der Waals surface area contributed by atoms with E-state index in [1.165, 1.54) is 23.1 Å². The van der Waals surface area contributed by atoms with E-state index >= 15 is 0 Å². The molecule has 0 fully saturated rings. The van der Waals surface area contributed by atoms with Gasteiger partial charge in [-0.1, -0.05) is 48.0 Å². The Morgan fingerprint density at radius 2 is 1.61 bits per heavy atom. The van der Waals surface area contributed by atoms with Crippen molar-refractivity contribution in [1.82, 2.24) is 10.4 Å². The molecule has 2 amide bonds. The van der Waals surface area contributed by atoms with Crippen molar-refractivity contribution < 1.29 is 14.3 Å². The summed E-state index contributed by atoms with van der Waals surface area (Å²) < 4.78 is 5.54. The number of aromatic nitrogens is 1. The minimum atomic E-state index is -0.322. The van der Waals surface area contributed by atoms with Crippen molar-refractivity contribution in [2.75, 3.05) is 17.2 Å². The molecule has 1 heterocycles. The molecule has 0 aliphatic carbocycles. The molecule has 0 saturated heterocycles. The molecule has 0 unspecified atom stereocenters. The highest BCUT2D eigenvalue weighted by Gasteiger charge is 2.08. The van der Waals surface area contributed by atoms with E-state index in [1.807, 2.05) is 72.1 Å². The number of nitrogens with one attached hydrogen (secondary N) is 3. The maximum Gasteiger partial charge on any atom is 0.271 e. The van der Waals surface area contributed by atoms with Crippen LogP contribution in [0.5, 0.6) is 5.75 Å². The number of hydrogen-bond donors (Lipinski definition) is 3. The first-order chi connectivity index (χ1) is 20.0. The molecule has 0 bridgehead atoms. The zero-order valence-corrected chi connectivity index (χ0v) is 23.0. The fourth-order valence-electron chi connectivity index (χ4n) is 3.76. The van der Waals surface area contributed by atoms with Gasteiger partial charge in [0.1, 0.15) is 5.75 Å². The Morgan fingerprint density at radius 3 is 2.34 bits per heavy atom. The highest BCUT2D eigenvalue weighted by atomic mass is 32.1. The summed E-state index contributed by atoms with van der Waals surface area (Å²) in [6.45, 7) is 1.95. The first-order valence-corrected chi connectivity index (χ1v) is 13.7. The number of thiazole rings is 1. The van der Waals surface area contributed by atoms with E-state index in [2.05, 4.69) is 33.1 Å². The Bertz CT molecular complexity index is 1630. The predicted molar refractivity (Wildman–Crippen MR) is 164 cm³/mol. The van der Waals surface area contributed by atoms with Gasteiger partial charge in [0.2, 0.25) is 0 Å². The summed E-state index contributed by atoms with van der Waals surface area (Å²) in [5.41, 5.74) is 8.44. The van der Waals surface area contributed by atoms with Gasteiger partial charge in [0.25, 0.3) is 11.8 Å². The highest BCUT2D eigenvalue weighted by Crippen LogP contribution is 2.27. The van der Waals surface area contributed by atoms with E-state index in [9.17, 15) is 9.59 Å². The molecular weight excluding hydrogens is 534 g/mol. The van der Waals surface area contributed by atoms with Crippen molar-refractivity contribution in [3.63, 3.8) is 0 Å². The third-order valence-corrected chi connectivity index (χ3v) is 6.69. The van der Waals surface area contributed by atoms with Gasteiger partial charge < -0.3 is 15.4 Å². The average molecular weight is 562 g/mol. The Hall–Kier alpha value is -5.28.